The fraction of sp³-hybridized carbons (Fsp3) is 0.444. The SMILES string of the molecule is Cc1cc(N2CCOCC2)ccc1C=C1SC(=O)N(C(C)C)C1=O. The lowest BCUT2D eigenvalue weighted by atomic mass is 10.1. The van der Waals surface area contributed by atoms with Crippen molar-refractivity contribution in [3.8, 4) is 0 Å². The minimum Gasteiger partial charge on any atom is -0.378 e. The van der Waals surface area contributed by atoms with Gasteiger partial charge in [0.05, 0.1) is 18.1 Å². The normalized spacial score (nSPS) is 20.6. The summed E-state index contributed by atoms with van der Waals surface area (Å²) in [6.45, 7) is 9.02. The van der Waals surface area contributed by atoms with Crippen LogP contribution in [0.1, 0.15) is 25.0 Å². The summed E-state index contributed by atoms with van der Waals surface area (Å²) in [5, 5.41) is -0.191. The van der Waals surface area contributed by atoms with Crippen molar-refractivity contribution in [1.82, 2.24) is 4.90 Å². The molecule has 0 aliphatic carbocycles. The smallest absolute Gasteiger partial charge is 0.293 e. The number of hydrogen-bond acceptors (Lipinski definition) is 5. The van der Waals surface area contributed by atoms with Gasteiger partial charge in [0.15, 0.2) is 0 Å². The first-order chi connectivity index (χ1) is 11.5. The fourth-order valence-corrected chi connectivity index (χ4v) is 3.86. The van der Waals surface area contributed by atoms with Crippen LogP contribution in [0.2, 0.25) is 0 Å². The van der Waals surface area contributed by atoms with Gasteiger partial charge in [-0.1, -0.05) is 6.07 Å². The molecular weight excluding hydrogens is 324 g/mol. The van der Waals surface area contributed by atoms with Crippen LogP contribution in [-0.4, -0.2) is 48.4 Å². The zero-order valence-corrected chi connectivity index (χ0v) is 15.1. The highest BCUT2D eigenvalue weighted by molar-refractivity contribution is 8.18. The van der Waals surface area contributed by atoms with Gasteiger partial charge in [-0.2, -0.15) is 0 Å². The van der Waals surface area contributed by atoms with Crippen molar-refractivity contribution in [2.75, 3.05) is 31.2 Å². The molecule has 1 aromatic carbocycles. The highest BCUT2D eigenvalue weighted by Gasteiger charge is 2.36. The Balaban J connectivity index is 1.83. The number of benzene rings is 1. The summed E-state index contributed by atoms with van der Waals surface area (Å²) in [6, 6.07) is 6.10. The van der Waals surface area contributed by atoms with E-state index >= 15 is 0 Å². The van der Waals surface area contributed by atoms with E-state index in [0.717, 1.165) is 49.2 Å². The lowest BCUT2D eigenvalue weighted by Gasteiger charge is -2.29. The molecule has 24 heavy (non-hydrogen) atoms. The molecule has 6 heteroatoms. The van der Waals surface area contributed by atoms with Crippen molar-refractivity contribution in [3.63, 3.8) is 0 Å². The number of nitrogens with zero attached hydrogens (tertiary/aromatic N) is 2. The number of hydrogen-bond donors (Lipinski definition) is 0. The Morgan fingerprint density at radius 3 is 2.50 bits per heavy atom. The van der Waals surface area contributed by atoms with Gasteiger partial charge in [0.2, 0.25) is 0 Å². The van der Waals surface area contributed by atoms with E-state index in [2.05, 4.69) is 17.0 Å². The molecular formula is C18H22N2O3S. The summed E-state index contributed by atoms with van der Waals surface area (Å²) in [4.78, 5) is 28.5. The lowest BCUT2D eigenvalue weighted by molar-refractivity contribution is -0.123. The molecule has 5 nitrogen and oxygen atoms in total. The molecule has 2 heterocycles. The van der Waals surface area contributed by atoms with Crippen LogP contribution in [-0.2, 0) is 9.53 Å². The zero-order valence-electron chi connectivity index (χ0n) is 14.2. The van der Waals surface area contributed by atoms with Crippen molar-refractivity contribution in [2.45, 2.75) is 26.8 Å². The van der Waals surface area contributed by atoms with Gasteiger partial charge in [0, 0.05) is 24.8 Å². The molecule has 2 fully saturated rings. The van der Waals surface area contributed by atoms with Crippen molar-refractivity contribution < 1.29 is 14.3 Å². The number of thioether (sulfide) groups is 1. The van der Waals surface area contributed by atoms with E-state index in [9.17, 15) is 9.59 Å². The van der Waals surface area contributed by atoms with Gasteiger partial charge < -0.3 is 9.64 Å². The Bertz CT molecular complexity index is 694. The van der Waals surface area contributed by atoms with Crippen LogP contribution >= 0.6 is 11.8 Å². The van der Waals surface area contributed by atoms with Crippen LogP contribution in [0.15, 0.2) is 23.1 Å². The number of anilines is 1. The lowest BCUT2D eigenvalue weighted by Crippen LogP contribution is -2.36. The van der Waals surface area contributed by atoms with Crippen molar-refractivity contribution in [1.29, 1.82) is 0 Å². The van der Waals surface area contributed by atoms with E-state index in [1.165, 1.54) is 10.6 Å². The maximum absolute atomic E-state index is 12.4. The Morgan fingerprint density at radius 2 is 1.92 bits per heavy atom. The number of amides is 2. The van der Waals surface area contributed by atoms with Gasteiger partial charge in [0.25, 0.3) is 11.1 Å². The molecule has 2 saturated heterocycles. The Hall–Kier alpha value is -1.79. The van der Waals surface area contributed by atoms with E-state index in [0.29, 0.717) is 4.91 Å². The maximum atomic E-state index is 12.4. The first-order valence-corrected chi connectivity index (χ1v) is 8.99. The molecule has 0 aromatic heterocycles. The van der Waals surface area contributed by atoms with Crippen LogP contribution in [0.5, 0.6) is 0 Å². The van der Waals surface area contributed by atoms with E-state index in [1.807, 2.05) is 32.9 Å². The molecule has 3 rings (SSSR count). The molecule has 2 aliphatic heterocycles. The third-order valence-corrected chi connectivity index (χ3v) is 5.14. The number of imide groups is 1. The molecule has 128 valence electrons. The van der Waals surface area contributed by atoms with Crippen LogP contribution in [0, 0.1) is 6.92 Å². The fourth-order valence-electron chi connectivity index (χ4n) is 2.91. The third kappa shape index (κ3) is 3.35. The zero-order chi connectivity index (χ0) is 17.3. The first-order valence-electron chi connectivity index (χ1n) is 8.18. The summed E-state index contributed by atoms with van der Waals surface area (Å²) in [6.07, 6.45) is 1.83. The van der Waals surface area contributed by atoms with Crippen molar-refractivity contribution >= 4 is 34.7 Å². The molecule has 0 N–H and O–H groups in total. The Morgan fingerprint density at radius 1 is 1.21 bits per heavy atom. The standard InChI is InChI=1S/C18H22N2O3S/c1-12(2)20-17(21)16(24-18(20)22)11-14-4-5-15(10-13(14)3)19-6-8-23-9-7-19/h4-5,10-12H,6-9H2,1-3H3. The quantitative estimate of drug-likeness (QED) is 0.786. The van der Waals surface area contributed by atoms with Gasteiger partial charge in [0.1, 0.15) is 0 Å². The second-order valence-electron chi connectivity index (χ2n) is 6.29. The molecule has 2 aliphatic rings. The highest BCUT2D eigenvalue weighted by Crippen LogP contribution is 2.34. The van der Waals surface area contributed by atoms with E-state index in [1.54, 1.807) is 0 Å². The first kappa shape index (κ1) is 17.0. The van der Waals surface area contributed by atoms with Gasteiger partial charge in [-0.3, -0.25) is 14.5 Å². The molecule has 1 aromatic rings. The van der Waals surface area contributed by atoms with Gasteiger partial charge in [-0.05, 0) is 61.9 Å². The van der Waals surface area contributed by atoms with Gasteiger partial charge in [-0.25, -0.2) is 0 Å². The number of rotatable bonds is 3. The molecule has 0 unspecified atom stereocenters. The predicted octanol–water partition coefficient (Wildman–Crippen LogP) is 3.28. The van der Waals surface area contributed by atoms with Crippen LogP contribution in [0.3, 0.4) is 0 Å². The average molecular weight is 346 g/mol. The average Bonchev–Trinajstić information content (AvgIpc) is 2.84. The third-order valence-electron chi connectivity index (χ3n) is 4.26. The van der Waals surface area contributed by atoms with E-state index in [-0.39, 0.29) is 17.2 Å². The minimum absolute atomic E-state index is 0.117. The number of morpholine rings is 1. The van der Waals surface area contributed by atoms with Crippen LogP contribution in [0.4, 0.5) is 10.5 Å². The summed E-state index contributed by atoms with van der Waals surface area (Å²) >= 11 is 1.02. The molecule has 0 saturated carbocycles. The maximum Gasteiger partial charge on any atom is 0.293 e. The molecule has 2 amide bonds. The summed E-state index contributed by atoms with van der Waals surface area (Å²) in [5.74, 6) is -0.198. The van der Waals surface area contributed by atoms with Crippen LogP contribution < -0.4 is 4.90 Å². The topological polar surface area (TPSA) is 49.9 Å². The van der Waals surface area contributed by atoms with Gasteiger partial charge >= 0.3 is 0 Å². The molecule has 0 bridgehead atoms. The largest absolute Gasteiger partial charge is 0.378 e. The highest BCUT2D eigenvalue weighted by atomic mass is 32.2. The Labute approximate surface area is 146 Å². The van der Waals surface area contributed by atoms with Crippen molar-refractivity contribution in [2.24, 2.45) is 0 Å². The number of carbonyl (C=O) groups is 2. The Kier molecular flexibility index (Phi) is 4.96. The van der Waals surface area contributed by atoms with E-state index in [4.69, 9.17) is 4.74 Å². The second-order valence-corrected chi connectivity index (χ2v) is 7.28. The predicted molar refractivity (Wildman–Crippen MR) is 97.2 cm³/mol. The summed E-state index contributed by atoms with van der Waals surface area (Å²) in [5.41, 5.74) is 3.24. The van der Waals surface area contributed by atoms with Crippen molar-refractivity contribution in [3.05, 3.63) is 34.2 Å². The monoisotopic (exact) mass is 346 g/mol. The van der Waals surface area contributed by atoms with Gasteiger partial charge in [-0.15, -0.1) is 0 Å². The molecule has 0 radical (unpaired) electrons. The molecule has 0 atom stereocenters. The second kappa shape index (κ2) is 6.99. The molecule has 0 spiro atoms. The summed E-state index contributed by atoms with van der Waals surface area (Å²) in [7, 11) is 0. The number of ether oxygens (including phenoxy) is 1. The van der Waals surface area contributed by atoms with E-state index < -0.39 is 0 Å². The number of aryl methyl sites for hydroxylation is 1. The summed E-state index contributed by atoms with van der Waals surface area (Å²) < 4.78 is 5.39. The number of carbonyl (C=O) groups excluding carboxylic acids is 2. The van der Waals surface area contributed by atoms with Crippen LogP contribution in [0.25, 0.3) is 6.08 Å². The minimum atomic E-state index is -0.198.